The molecule has 2 aromatic heterocycles. The molecule has 0 aliphatic carbocycles. The fourth-order valence-corrected chi connectivity index (χ4v) is 5.23. The fourth-order valence-electron chi connectivity index (χ4n) is 4.16. The minimum atomic E-state index is -1.000. The monoisotopic (exact) mass is 468 g/mol. The molecule has 1 fully saturated rings. The van der Waals surface area contributed by atoms with Crippen LogP contribution < -0.4 is 15.5 Å². The topological polar surface area (TPSA) is 137 Å². The highest BCUT2D eigenvalue weighted by molar-refractivity contribution is 7.16. The summed E-state index contributed by atoms with van der Waals surface area (Å²) in [7, 11) is 0. The van der Waals surface area contributed by atoms with Crippen molar-refractivity contribution in [2.45, 2.75) is 44.9 Å². The molecule has 0 saturated carbocycles. The Kier molecular flexibility index (Phi) is 5.23. The lowest BCUT2D eigenvalue weighted by molar-refractivity contribution is 0.0579. The van der Waals surface area contributed by atoms with E-state index in [0.717, 1.165) is 16.1 Å². The lowest BCUT2D eigenvalue weighted by atomic mass is 9.97. The maximum Gasteiger partial charge on any atom is 0.321 e. The van der Waals surface area contributed by atoms with E-state index in [-0.39, 0.29) is 18.6 Å². The Morgan fingerprint density at radius 3 is 2.97 bits per heavy atom. The molecule has 11 heteroatoms. The summed E-state index contributed by atoms with van der Waals surface area (Å²) in [6.07, 6.45) is 0.635. The van der Waals surface area contributed by atoms with Crippen LogP contribution in [0.3, 0.4) is 0 Å². The maximum absolute atomic E-state index is 12.2. The number of fused-ring (bicyclic) bond motifs is 5. The van der Waals surface area contributed by atoms with Gasteiger partial charge in [-0.05, 0) is 32.4 Å². The average Bonchev–Trinajstić information content (AvgIpc) is 3.33. The molecule has 0 unspecified atom stereocenters. The molecule has 2 amide bonds. The number of ether oxygens (including phenoxy) is 1. The quantitative estimate of drug-likeness (QED) is 0.532. The van der Waals surface area contributed by atoms with Gasteiger partial charge in [0, 0.05) is 19.0 Å². The van der Waals surface area contributed by atoms with Crippen molar-refractivity contribution >= 4 is 39.6 Å². The number of aliphatic hydroxyl groups is 1. The van der Waals surface area contributed by atoms with Gasteiger partial charge in [0.25, 0.3) is 6.01 Å². The summed E-state index contributed by atoms with van der Waals surface area (Å²) in [5.74, 6) is 0. The smallest absolute Gasteiger partial charge is 0.321 e. The molecule has 3 aromatic rings. The van der Waals surface area contributed by atoms with E-state index in [4.69, 9.17) is 14.1 Å². The van der Waals surface area contributed by atoms with Gasteiger partial charge in [-0.2, -0.15) is 10.2 Å². The van der Waals surface area contributed by atoms with Crippen LogP contribution in [0.2, 0.25) is 0 Å². The normalized spacial score (nSPS) is 19.8. The highest BCUT2D eigenvalue weighted by atomic mass is 32.1. The summed E-state index contributed by atoms with van der Waals surface area (Å²) in [4.78, 5) is 24.7. The van der Waals surface area contributed by atoms with Crippen LogP contribution in [0.5, 0.6) is 0 Å². The Bertz CT molecular complexity index is 1270. The van der Waals surface area contributed by atoms with Gasteiger partial charge in [-0.15, -0.1) is 0 Å². The van der Waals surface area contributed by atoms with E-state index >= 15 is 0 Å². The summed E-state index contributed by atoms with van der Waals surface area (Å²) in [6.45, 7) is 6.23. The molecule has 1 saturated heterocycles. The zero-order valence-corrected chi connectivity index (χ0v) is 19.3. The van der Waals surface area contributed by atoms with Crippen LogP contribution >= 0.6 is 11.3 Å². The van der Waals surface area contributed by atoms with Crippen LogP contribution in [-0.4, -0.2) is 52.5 Å². The number of anilines is 2. The number of benzene rings is 1. The van der Waals surface area contributed by atoms with Crippen molar-refractivity contribution in [3.8, 4) is 6.07 Å². The van der Waals surface area contributed by atoms with E-state index in [1.807, 2.05) is 13.0 Å². The third-order valence-corrected chi connectivity index (χ3v) is 6.86. The third kappa shape index (κ3) is 4.13. The number of thiazole rings is 1. The number of nitrogens with one attached hydrogen (secondary N) is 2. The van der Waals surface area contributed by atoms with Gasteiger partial charge >= 0.3 is 6.03 Å². The minimum absolute atomic E-state index is 0.000175. The second kappa shape index (κ2) is 7.98. The van der Waals surface area contributed by atoms with Crippen LogP contribution in [-0.2, 0) is 11.2 Å². The first kappa shape index (κ1) is 21.6. The van der Waals surface area contributed by atoms with Gasteiger partial charge < -0.3 is 24.5 Å². The van der Waals surface area contributed by atoms with Crippen molar-refractivity contribution in [3.05, 3.63) is 33.8 Å². The first-order valence-corrected chi connectivity index (χ1v) is 11.5. The standard InChI is InChI=1S/C22H24N6O4S/c1-11-4-14-17(5-12(11)7-23)32-21(26-14)28-13-6-15-18(16(28)9-31-8-13)33-20(25-15)27-19(29)24-10-22(2,3)30/h4-5,13,16,30H,6,8-10H2,1-3H3,(H2,24,25,27,29)/t13-,16-/m0/s1. The van der Waals surface area contributed by atoms with Crippen LogP contribution in [0.25, 0.3) is 11.1 Å². The van der Waals surface area contributed by atoms with Crippen LogP contribution in [0.1, 0.15) is 41.6 Å². The first-order valence-electron chi connectivity index (χ1n) is 10.7. The summed E-state index contributed by atoms with van der Waals surface area (Å²) in [5, 5.41) is 25.0. The number of rotatable bonds is 4. The van der Waals surface area contributed by atoms with Gasteiger partial charge in [0.15, 0.2) is 10.7 Å². The second-order valence-electron chi connectivity index (χ2n) is 9.01. The molecule has 2 aliphatic heterocycles. The third-order valence-electron chi connectivity index (χ3n) is 5.74. The van der Waals surface area contributed by atoms with Crippen molar-refractivity contribution in [1.29, 1.82) is 5.26 Å². The van der Waals surface area contributed by atoms with Gasteiger partial charge in [-0.25, -0.2) is 9.78 Å². The first-order chi connectivity index (χ1) is 15.7. The maximum atomic E-state index is 12.2. The van der Waals surface area contributed by atoms with Crippen LogP contribution in [0, 0.1) is 18.3 Å². The highest BCUT2D eigenvalue weighted by Gasteiger charge is 2.43. The number of amides is 2. The van der Waals surface area contributed by atoms with Gasteiger partial charge in [-0.1, -0.05) is 11.3 Å². The Morgan fingerprint density at radius 1 is 1.39 bits per heavy atom. The molecule has 5 rings (SSSR count). The molecule has 3 N–H and O–H groups in total. The van der Waals surface area contributed by atoms with Gasteiger partial charge in [-0.3, -0.25) is 5.32 Å². The average molecular weight is 469 g/mol. The molecule has 10 nitrogen and oxygen atoms in total. The molecule has 2 bridgehead atoms. The number of hydrogen-bond donors (Lipinski definition) is 3. The number of aromatic nitrogens is 2. The van der Waals surface area contributed by atoms with Gasteiger partial charge in [0.2, 0.25) is 0 Å². The van der Waals surface area contributed by atoms with Gasteiger partial charge in [0.1, 0.15) is 5.52 Å². The number of urea groups is 1. The van der Waals surface area contributed by atoms with E-state index in [2.05, 4.69) is 26.6 Å². The Morgan fingerprint density at radius 2 is 2.21 bits per heavy atom. The largest absolute Gasteiger partial charge is 0.423 e. The predicted octanol–water partition coefficient (Wildman–Crippen LogP) is 2.86. The van der Waals surface area contributed by atoms with Crippen molar-refractivity contribution < 1.29 is 19.1 Å². The second-order valence-corrected chi connectivity index (χ2v) is 10.0. The molecule has 0 radical (unpaired) electrons. The molecule has 2 atom stereocenters. The van der Waals surface area contributed by atoms with Crippen molar-refractivity contribution in [1.82, 2.24) is 15.3 Å². The van der Waals surface area contributed by atoms with E-state index in [9.17, 15) is 15.2 Å². The Hall–Kier alpha value is -3.20. The zero-order chi connectivity index (χ0) is 23.3. The summed E-state index contributed by atoms with van der Waals surface area (Å²) < 4.78 is 11.9. The van der Waals surface area contributed by atoms with Crippen LogP contribution in [0.15, 0.2) is 16.5 Å². The number of morpholine rings is 1. The Labute approximate surface area is 194 Å². The number of carbonyl (C=O) groups is 1. The molecule has 4 heterocycles. The van der Waals surface area contributed by atoms with Crippen LogP contribution in [0.4, 0.5) is 15.9 Å². The number of carbonyl (C=O) groups excluding carboxylic acids is 1. The van der Waals surface area contributed by atoms with E-state index in [0.29, 0.717) is 47.4 Å². The van der Waals surface area contributed by atoms with Crippen molar-refractivity contribution in [2.24, 2.45) is 0 Å². The molecule has 2 aliphatic rings. The number of aryl methyl sites for hydroxylation is 1. The zero-order valence-electron chi connectivity index (χ0n) is 18.5. The molecular weight excluding hydrogens is 444 g/mol. The number of oxazole rings is 1. The Balaban J connectivity index is 1.42. The lowest BCUT2D eigenvalue weighted by Gasteiger charge is -2.43. The SMILES string of the molecule is Cc1cc2nc(N3[C@@H]4COC[C@H]3c3sc(NC(=O)NCC(C)(C)O)nc3C4)oc2cc1C#N. The molecule has 33 heavy (non-hydrogen) atoms. The predicted molar refractivity (Wildman–Crippen MR) is 122 cm³/mol. The van der Waals surface area contributed by atoms with Crippen molar-refractivity contribution in [3.63, 3.8) is 0 Å². The fraction of sp³-hybridized carbons (Fsp3) is 0.455. The molecule has 172 valence electrons. The van der Waals surface area contributed by atoms with E-state index < -0.39 is 11.6 Å². The lowest BCUT2D eigenvalue weighted by Crippen LogP contribution is -2.51. The van der Waals surface area contributed by atoms with E-state index in [1.54, 1.807) is 19.9 Å². The number of hydrogen-bond acceptors (Lipinski definition) is 9. The number of nitriles is 1. The summed E-state index contributed by atoms with van der Waals surface area (Å²) >= 11 is 1.40. The summed E-state index contributed by atoms with van der Waals surface area (Å²) in [5.41, 5.74) is 2.64. The highest BCUT2D eigenvalue weighted by Crippen LogP contribution is 2.43. The minimum Gasteiger partial charge on any atom is -0.423 e. The van der Waals surface area contributed by atoms with Crippen molar-refractivity contribution in [2.75, 3.05) is 30.0 Å². The van der Waals surface area contributed by atoms with E-state index in [1.165, 1.54) is 11.3 Å². The summed E-state index contributed by atoms with van der Waals surface area (Å²) in [6, 6.07) is 5.72. The molecule has 1 aromatic carbocycles. The number of nitrogens with zero attached hydrogens (tertiary/aromatic N) is 4. The van der Waals surface area contributed by atoms with Gasteiger partial charge in [0.05, 0.1) is 53.1 Å². The molecular formula is C22H24N6O4S. The molecule has 0 spiro atoms.